The second-order valence-corrected chi connectivity index (χ2v) is 3.56. The standard InChI is InChI=1S/C14H23/c1-3-5-7-9-11-13-14-12-10-8-6-4-2/h1,3,5,7,9,11H,4,6,8,10,12-14H2,2H3. The van der Waals surface area contributed by atoms with Crippen molar-refractivity contribution in [3.05, 3.63) is 37.0 Å². The Morgan fingerprint density at radius 1 is 0.857 bits per heavy atom. The maximum absolute atomic E-state index is 5.19. The van der Waals surface area contributed by atoms with Gasteiger partial charge in [0.15, 0.2) is 0 Å². The topological polar surface area (TPSA) is 0 Å². The summed E-state index contributed by atoms with van der Waals surface area (Å²) in [6.45, 7) is 7.45. The molecule has 0 saturated carbocycles. The summed E-state index contributed by atoms with van der Waals surface area (Å²) in [6.07, 6.45) is 19.1. The molecule has 0 aromatic rings. The van der Waals surface area contributed by atoms with Crippen molar-refractivity contribution in [2.24, 2.45) is 0 Å². The average Bonchev–Trinajstić information content (AvgIpc) is 2.21. The van der Waals surface area contributed by atoms with Gasteiger partial charge in [0, 0.05) is 0 Å². The molecule has 79 valence electrons. The van der Waals surface area contributed by atoms with Crippen LogP contribution in [0.15, 0.2) is 30.4 Å². The van der Waals surface area contributed by atoms with E-state index in [9.17, 15) is 0 Å². The molecule has 0 fully saturated rings. The minimum atomic E-state index is 1.20. The molecule has 0 aromatic heterocycles. The molecule has 0 amide bonds. The molecule has 0 N–H and O–H groups in total. The lowest BCUT2D eigenvalue weighted by atomic mass is 10.1. The van der Waals surface area contributed by atoms with Gasteiger partial charge in [-0.1, -0.05) is 76.0 Å². The van der Waals surface area contributed by atoms with E-state index >= 15 is 0 Å². The Hall–Kier alpha value is -0.780. The van der Waals surface area contributed by atoms with Crippen LogP contribution in [0.2, 0.25) is 0 Å². The minimum absolute atomic E-state index is 1.20. The molecule has 0 spiro atoms. The molecular formula is C14H23. The first kappa shape index (κ1) is 13.2. The number of allylic oxidation sites excluding steroid dienone is 5. The predicted molar refractivity (Wildman–Crippen MR) is 65.1 cm³/mol. The summed E-state index contributed by atoms with van der Waals surface area (Å²) in [7, 11) is 0. The van der Waals surface area contributed by atoms with Gasteiger partial charge in [0.25, 0.3) is 0 Å². The van der Waals surface area contributed by atoms with Gasteiger partial charge in [-0.05, 0) is 12.8 Å². The molecule has 14 heavy (non-hydrogen) atoms. The highest BCUT2D eigenvalue weighted by molar-refractivity contribution is 5.07. The summed E-state index contributed by atoms with van der Waals surface area (Å²) in [5.41, 5.74) is 0. The van der Waals surface area contributed by atoms with E-state index in [2.05, 4.69) is 19.1 Å². The van der Waals surface area contributed by atoms with Gasteiger partial charge in [-0.2, -0.15) is 0 Å². The van der Waals surface area contributed by atoms with Crippen LogP contribution >= 0.6 is 0 Å². The molecule has 0 bridgehead atoms. The lowest BCUT2D eigenvalue weighted by Crippen LogP contribution is -1.77. The van der Waals surface area contributed by atoms with Crippen molar-refractivity contribution < 1.29 is 0 Å². The van der Waals surface area contributed by atoms with Crippen molar-refractivity contribution >= 4 is 0 Å². The molecule has 0 rings (SSSR count). The van der Waals surface area contributed by atoms with Gasteiger partial charge in [0.05, 0.1) is 0 Å². The molecule has 1 radical (unpaired) electrons. The Bertz CT molecular complexity index is 163. The Labute approximate surface area is 89.4 Å². The van der Waals surface area contributed by atoms with E-state index in [-0.39, 0.29) is 0 Å². The second kappa shape index (κ2) is 12.2. The van der Waals surface area contributed by atoms with Crippen LogP contribution in [-0.4, -0.2) is 0 Å². The third-order valence-electron chi connectivity index (χ3n) is 2.19. The van der Waals surface area contributed by atoms with Crippen LogP contribution in [0.3, 0.4) is 0 Å². The number of hydrogen-bond donors (Lipinski definition) is 0. The minimum Gasteiger partial charge on any atom is -0.0845 e. The average molecular weight is 191 g/mol. The lowest BCUT2D eigenvalue weighted by Gasteiger charge is -1.97. The van der Waals surface area contributed by atoms with Crippen LogP contribution in [0.5, 0.6) is 0 Å². The first-order valence-electron chi connectivity index (χ1n) is 5.78. The van der Waals surface area contributed by atoms with Crippen LogP contribution in [-0.2, 0) is 0 Å². The highest BCUT2D eigenvalue weighted by atomic mass is 13.9. The van der Waals surface area contributed by atoms with Gasteiger partial charge in [0.1, 0.15) is 0 Å². The van der Waals surface area contributed by atoms with Crippen molar-refractivity contribution in [3.8, 4) is 0 Å². The Balaban J connectivity index is 3.08. The molecule has 0 heterocycles. The first-order chi connectivity index (χ1) is 6.91. The largest absolute Gasteiger partial charge is 0.0845 e. The van der Waals surface area contributed by atoms with Crippen LogP contribution in [0.25, 0.3) is 0 Å². The highest BCUT2D eigenvalue weighted by Gasteiger charge is 1.87. The van der Waals surface area contributed by atoms with Gasteiger partial charge < -0.3 is 0 Å². The van der Waals surface area contributed by atoms with E-state index in [1.54, 1.807) is 6.08 Å². The molecule has 0 saturated heterocycles. The zero-order valence-electron chi connectivity index (χ0n) is 9.41. The van der Waals surface area contributed by atoms with Gasteiger partial charge in [-0.25, -0.2) is 0 Å². The SMILES string of the molecule is [CH]=CC=CC=CCCCCCCCC. The third kappa shape index (κ3) is 11.2. The molecule has 0 aliphatic rings. The van der Waals surface area contributed by atoms with Crippen molar-refractivity contribution in [1.82, 2.24) is 0 Å². The third-order valence-corrected chi connectivity index (χ3v) is 2.19. The normalized spacial score (nSPS) is 11.5. The fourth-order valence-corrected chi connectivity index (χ4v) is 1.35. The maximum atomic E-state index is 5.19. The predicted octanol–water partition coefficient (Wildman–Crippen LogP) is 4.84. The molecule has 0 unspecified atom stereocenters. The summed E-state index contributed by atoms with van der Waals surface area (Å²) >= 11 is 0. The molecule has 0 heteroatoms. The zero-order valence-corrected chi connectivity index (χ0v) is 9.41. The van der Waals surface area contributed by atoms with Crippen LogP contribution < -0.4 is 0 Å². The van der Waals surface area contributed by atoms with Crippen molar-refractivity contribution in [3.63, 3.8) is 0 Å². The molecule has 0 nitrogen and oxygen atoms in total. The van der Waals surface area contributed by atoms with E-state index in [4.69, 9.17) is 6.58 Å². The summed E-state index contributed by atoms with van der Waals surface area (Å²) in [6, 6.07) is 0. The van der Waals surface area contributed by atoms with Crippen LogP contribution in [0.1, 0.15) is 51.9 Å². The van der Waals surface area contributed by atoms with Gasteiger partial charge in [-0.3, -0.25) is 0 Å². The fourth-order valence-electron chi connectivity index (χ4n) is 1.35. The smallest absolute Gasteiger partial charge is 0.0348 e. The zero-order chi connectivity index (χ0) is 10.5. The number of unbranched alkanes of at least 4 members (excludes halogenated alkanes) is 6. The lowest BCUT2D eigenvalue weighted by molar-refractivity contribution is 0.611. The van der Waals surface area contributed by atoms with E-state index < -0.39 is 0 Å². The number of rotatable bonds is 9. The van der Waals surface area contributed by atoms with Gasteiger partial charge in [-0.15, -0.1) is 0 Å². The summed E-state index contributed by atoms with van der Waals surface area (Å²) in [5.74, 6) is 0. The van der Waals surface area contributed by atoms with Gasteiger partial charge >= 0.3 is 0 Å². The van der Waals surface area contributed by atoms with E-state index in [0.29, 0.717) is 0 Å². The van der Waals surface area contributed by atoms with E-state index in [1.807, 2.05) is 12.2 Å². The van der Waals surface area contributed by atoms with Crippen LogP contribution in [0, 0.1) is 6.58 Å². The van der Waals surface area contributed by atoms with E-state index in [0.717, 1.165) is 0 Å². The summed E-state index contributed by atoms with van der Waals surface area (Å²) in [4.78, 5) is 0. The molecule has 0 aromatic carbocycles. The monoisotopic (exact) mass is 191 g/mol. The maximum Gasteiger partial charge on any atom is -0.0348 e. The summed E-state index contributed by atoms with van der Waals surface area (Å²) in [5, 5.41) is 0. The fraction of sp³-hybridized carbons (Fsp3) is 0.571. The van der Waals surface area contributed by atoms with Crippen molar-refractivity contribution in [1.29, 1.82) is 0 Å². The van der Waals surface area contributed by atoms with Gasteiger partial charge in [0.2, 0.25) is 0 Å². The summed E-state index contributed by atoms with van der Waals surface area (Å²) < 4.78 is 0. The first-order valence-corrected chi connectivity index (χ1v) is 5.78. The van der Waals surface area contributed by atoms with E-state index in [1.165, 1.54) is 44.9 Å². The molecular weight excluding hydrogens is 168 g/mol. The Kier molecular flexibility index (Phi) is 11.5. The molecule has 0 aliphatic carbocycles. The Morgan fingerprint density at radius 3 is 2.29 bits per heavy atom. The Morgan fingerprint density at radius 2 is 1.57 bits per heavy atom. The molecule has 0 atom stereocenters. The highest BCUT2D eigenvalue weighted by Crippen LogP contribution is 2.06. The van der Waals surface area contributed by atoms with Crippen LogP contribution in [0.4, 0.5) is 0 Å². The molecule has 0 aliphatic heterocycles. The van der Waals surface area contributed by atoms with Crippen molar-refractivity contribution in [2.45, 2.75) is 51.9 Å². The second-order valence-electron chi connectivity index (χ2n) is 3.56. The number of hydrogen-bond acceptors (Lipinski definition) is 0. The van der Waals surface area contributed by atoms with Crippen molar-refractivity contribution in [2.75, 3.05) is 0 Å². The quantitative estimate of drug-likeness (QED) is 0.361.